The molecule has 0 fully saturated rings. The molecule has 0 rings (SSSR count). The molecule has 31 heavy (non-hydrogen) atoms. The first-order chi connectivity index (χ1) is 15.0. The number of carbonyl (C=O) groups excluding carboxylic acids is 1. The number of esters is 1. The molecular formula is C29H58O2. The molecular weight excluding hydrogens is 380 g/mol. The van der Waals surface area contributed by atoms with Crippen LogP contribution in [0.2, 0.25) is 0 Å². The molecule has 0 heterocycles. The topological polar surface area (TPSA) is 26.3 Å². The van der Waals surface area contributed by atoms with Gasteiger partial charge in [-0.1, -0.05) is 142 Å². The van der Waals surface area contributed by atoms with E-state index in [1.54, 1.807) is 0 Å². The van der Waals surface area contributed by atoms with Crippen LogP contribution in [0.15, 0.2) is 0 Å². The predicted octanol–water partition coefficient (Wildman–Crippen LogP) is 10.2. The van der Waals surface area contributed by atoms with Crippen molar-refractivity contribution in [3.05, 3.63) is 0 Å². The SMILES string of the molecule is CC(C)CCCCCCCCCCCCCCCCCCCCCCC(=O)OC(C)C. The predicted molar refractivity (Wildman–Crippen MR) is 138 cm³/mol. The van der Waals surface area contributed by atoms with Crippen LogP contribution in [0.5, 0.6) is 0 Å². The summed E-state index contributed by atoms with van der Waals surface area (Å²) in [6.45, 7) is 8.50. The van der Waals surface area contributed by atoms with Crippen molar-refractivity contribution in [1.82, 2.24) is 0 Å². The van der Waals surface area contributed by atoms with Crippen LogP contribution in [0.25, 0.3) is 0 Å². The first-order valence-corrected chi connectivity index (χ1v) is 14.2. The summed E-state index contributed by atoms with van der Waals surface area (Å²) in [5.41, 5.74) is 0. The normalized spacial score (nSPS) is 11.5. The molecule has 0 N–H and O–H groups in total. The highest BCUT2D eigenvalue weighted by Crippen LogP contribution is 2.16. The average Bonchev–Trinajstić information content (AvgIpc) is 2.71. The van der Waals surface area contributed by atoms with Crippen molar-refractivity contribution >= 4 is 5.97 Å². The van der Waals surface area contributed by atoms with Crippen LogP contribution in [0.1, 0.15) is 169 Å². The van der Waals surface area contributed by atoms with Gasteiger partial charge in [-0.3, -0.25) is 4.79 Å². The second-order valence-corrected chi connectivity index (χ2v) is 10.5. The van der Waals surface area contributed by atoms with Gasteiger partial charge in [-0.2, -0.15) is 0 Å². The lowest BCUT2D eigenvalue weighted by molar-refractivity contribution is -0.147. The molecule has 0 aliphatic carbocycles. The van der Waals surface area contributed by atoms with Crippen LogP contribution in [0.3, 0.4) is 0 Å². The summed E-state index contributed by atoms with van der Waals surface area (Å²) in [4.78, 5) is 11.4. The minimum Gasteiger partial charge on any atom is -0.463 e. The molecule has 0 amide bonds. The van der Waals surface area contributed by atoms with Gasteiger partial charge in [-0.05, 0) is 26.2 Å². The van der Waals surface area contributed by atoms with Gasteiger partial charge >= 0.3 is 5.97 Å². The maximum absolute atomic E-state index is 11.4. The van der Waals surface area contributed by atoms with Gasteiger partial charge in [0.05, 0.1) is 6.10 Å². The summed E-state index contributed by atoms with van der Waals surface area (Å²) >= 11 is 0. The van der Waals surface area contributed by atoms with Gasteiger partial charge in [-0.25, -0.2) is 0 Å². The minimum absolute atomic E-state index is 0.0245. The van der Waals surface area contributed by atoms with Gasteiger partial charge in [0, 0.05) is 6.42 Å². The van der Waals surface area contributed by atoms with Gasteiger partial charge in [0.15, 0.2) is 0 Å². The van der Waals surface area contributed by atoms with Gasteiger partial charge in [0.1, 0.15) is 0 Å². The molecule has 2 heteroatoms. The first kappa shape index (κ1) is 30.5. The molecule has 0 spiro atoms. The highest BCUT2D eigenvalue weighted by Gasteiger charge is 2.04. The van der Waals surface area contributed by atoms with Gasteiger partial charge in [0.25, 0.3) is 0 Å². The maximum Gasteiger partial charge on any atom is 0.306 e. The summed E-state index contributed by atoms with van der Waals surface area (Å²) in [5.74, 6) is 0.855. The molecule has 0 saturated heterocycles. The van der Waals surface area contributed by atoms with Crippen molar-refractivity contribution < 1.29 is 9.53 Å². The molecule has 0 unspecified atom stereocenters. The fraction of sp³-hybridized carbons (Fsp3) is 0.966. The smallest absolute Gasteiger partial charge is 0.306 e. The highest BCUT2D eigenvalue weighted by molar-refractivity contribution is 5.69. The highest BCUT2D eigenvalue weighted by atomic mass is 16.5. The van der Waals surface area contributed by atoms with Crippen LogP contribution in [-0.4, -0.2) is 12.1 Å². The largest absolute Gasteiger partial charge is 0.463 e. The van der Waals surface area contributed by atoms with Crippen LogP contribution >= 0.6 is 0 Å². The molecule has 0 radical (unpaired) electrons. The molecule has 2 nitrogen and oxygen atoms in total. The minimum atomic E-state index is -0.0297. The number of carbonyl (C=O) groups is 1. The second kappa shape index (κ2) is 24.1. The Balaban J connectivity index is 3.07. The van der Waals surface area contributed by atoms with Crippen LogP contribution in [0.4, 0.5) is 0 Å². The molecule has 0 atom stereocenters. The molecule has 0 aliphatic rings. The van der Waals surface area contributed by atoms with E-state index in [9.17, 15) is 4.79 Å². The first-order valence-electron chi connectivity index (χ1n) is 14.2. The second-order valence-electron chi connectivity index (χ2n) is 10.5. The van der Waals surface area contributed by atoms with Crippen LogP contribution < -0.4 is 0 Å². The number of hydrogen-bond acceptors (Lipinski definition) is 2. The zero-order valence-electron chi connectivity index (χ0n) is 22.0. The summed E-state index contributed by atoms with van der Waals surface area (Å²) in [6.07, 6.45) is 29.9. The monoisotopic (exact) mass is 438 g/mol. The lowest BCUT2D eigenvalue weighted by Crippen LogP contribution is -2.10. The summed E-state index contributed by atoms with van der Waals surface area (Å²) in [7, 11) is 0. The third-order valence-corrected chi connectivity index (χ3v) is 6.28. The molecule has 0 aromatic rings. The van der Waals surface area contributed by atoms with E-state index in [0.717, 1.165) is 12.3 Å². The maximum atomic E-state index is 11.4. The van der Waals surface area contributed by atoms with Crippen molar-refractivity contribution in [2.24, 2.45) is 5.92 Å². The third-order valence-electron chi connectivity index (χ3n) is 6.28. The lowest BCUT2D eigenvalue weighted by Gasteiger charge is -2.07. The Bertz CT molecular complexity index is 362. The Morgan fingerprint density at radius 2 is 0.774 bits per heavy atom. The van der Waals surface area contributed by atoms with Gasteiger partial charge in [0.2, 0.25) is 0 Å². The van der Waals surface area contributed by atoms with E-state index in [2.05, 4.69) is 13.8 Å². The molecule has 0 saturated carbocycles. The van der Waals surface area contributed by atoms with E-state index in [1.165, 1.54) is 128 Å². The van der Waals surface area contributed by atoms with Crippen molar-refractivity contribution in [2.45, 2.75) is 175 Å². The Hall–Kier alpha value is -0.530. The summed E-state index contributed by atoms with van der Waals surface area (Å²) in [5, 5.41) is 0. The zero-order valence-corrected chi connectivity index (χ0v) is 22.0. The number of ether oxygens (including phenoxy) is 1. The fourth-order valence-corrected chi connectivity index (χ4v) is 4.33. The van der Waals surface area contributed by atoms with Crippen molar-refractivity contribution in [2.75, 3.05) is 0 Å². The molecule has 0 bridgehead atoms. The summed E-state index contributed by atoms with van der Waals surface area (Å²) < 4.78 is 5.16. The Morgan fingerprint density at radius 3 is 1.06 bits per heavy atom. The molecule has 0 aromatic heterocycles. The van der Waals surface area contributed by atoms with Crippen molar-refractivity contribution in [1.29, 1.82) is 0 Å². The summed E-state index contributed by atoms with van der Waals surface area (Å²) in [6, 6.07) is 0. The Labute approximate surface area is 196 Å². The van der Waals surface area contributed by atoms with E-state index in [0.29, 0.717) is 6.42 Å². The Morgan fingerprint density at radius 1 is 0.484 bits per heavy atom. The standard InChI is InChI=1S/C29H58O2/c1-27(2)25-23-21-19-17-15-13-11-9-7-5-6-8-10-12-14-16-18-20-22-24-26-29(30)31-28(3)4/h27-28H,5-26H2,1-4H3. The van der Waals surface area contributed by atoms with E-state index in [-0.39, 0.29) is 12.1 Å². The lowest BCUT2D eigenvalue weighted by atomic mass is 10.0. The fourth-order valence-electron chi connectivity index (χ4n) is 4.33. The third kappa shape index (κ3) is 27.4. The van der Waals surface area contributed by atoms with Crippen molar-refractivity contribution in [3.8, 4) is 0 Å². The van der Waals surface area contributed by atoms with Crippen molar-refractivity contribution in [3.63, 3.8) is 0 Å². The van der Waals surface area contributed by atoms with E-state index in [1.807, 2.05) is 13.8 Å². The van der Waals surface area contributed by atoms with Crippen LogP contribution in [0, 0.1) is 5.92 Å². The van der Waals surface area contributed by atoms with Crippen LogP contribution in [-0.2, 0) is 9.53 Å². The number of rotatable bonds is 24. The van der Waals surface area contributed by atoms with Gasteiger partial charge in [-0.15, -0.1) is 0 Å². The quantitative estimate of drug-likeness (QED) is 0.111. The average molecular weight is 439 g/mol. The van der Waals surface area contributed by atoms with E-state index >= 15 is 0 Å². The van der Waals surface area contributed by atoms with E-state index in [4.69, 9.17) is 4.74 Å². The van der Waals surface area contributed by atoms with E-state index < -0.39 is 0 Å². The number of hydrogen-bond donors (Lipinski definition) is 0. The number of unbranched alkanes of at least 4 members (excludes halogenated alkanes) is 19. The van der Waals surface area contributed by atoms with Gasteiger partial charge < -0.3 is 4.74 Å². The molecule has 0 aromatic carbocycles. The Kier molecular flexibility index (Phi) is 23.7. The molecule has 0 aliphatic heterocycles. The zero-order chi connectivity index (χ0) is 23.0. The molecule has 186 valence electrons.